The minimum absolute atomic E-state index is 0.0236. The normalized spacial score (nSPS) is 12.1. The van der Waals surface area contributed by atoms with E-state index in [1.54, 1.807) is 18.4 Å². The molecule has 0 aliphatic rings. The van der Waals surface area contributed by atoms with Crippen LogP contribution in [0.15, 0.2) is 35.7 Å². The number of thiophene rings is 1. The summed E-state index contributed by atoms with van der Waals surface area (Å²) in [5, 5.41) is 1.93. The summed E-state index contributed by atoms with van der Waals surface area (Å²) in [5.41, 5.74) is 0.408. The third kappa shape index (κ3) is 4.71. The van der Waals surface area contributed by atoms with Crippen LogP contribution in [0.5, 0.6) is 0 Å². The fourth-order valence-electron chi connectivity index (χ4n) is 1.84. The van der Waals surface area contributed by atoms with Crippen molar-refractivity contribution in [3.63, 3.8) is 0 Å². The highest BCUT2D eigenvalue weighted by molar-refractivity contribution is 7.84. The molecule has 1 heterocycles. The fraction of sp³-hybridized carbons (Fsp3) is 0.267. The number of hydrogen-bond acceptors (Lipinski definition) is 3. The van der Waals surface area contributed by atoms with Crippen LogP contribution in [0.1, 0.15) is 10.4 Å². The molecule has 1 aromatic carbocycles. The van der Waals surface area contributed by atoms with Crippen molar-refractivity contribution in [1.82, 2.24) is 4.90 Å². The van der Waals surface area contributed by atoms with Gasteiger partial charge in [0.2, 0.25) is 5.91 Å². The van der Waals surface area contributed by atoms with Gasteiger partial charge in [-0.3, -0.25) is 9.00 Å². The van der Waals surface area contributed by atoms with E-state index in [1.807, 2.05) is 17.5 Å². The van der Waals surface area contributed by atoms with Crippen LogP contribution in [-0.4, -0.2) is 27.8 Å². The van der Waals surface area contributed by atoms with Gasteiger partial charge in [-0.15, -0.1) is 11.3 Å². The van der Waals surface area contributed by atoms with Crippen molar-refractivity contribution in [2.24, 2.45) is 0 Å². The summed E-state index contributed by atoms with van der Waals surface area (Å²) in [5.74, 6) is -2.28. The molecule has 0 radical (unpaired) electrons. The molecule has 2 aromatic rings. The number of carbonyl (C=O) groups excluding carboxylic acids is 1. The first-order chi connectivity index (χ1) is 10.5. The molecule has 0 bridgehead atoms. The number of nitrogens with zero attached hydrogens (tertiary/aromatic N) is 1. The average molecular weight is 343 g/mol. The minimum Gasteiger partial charge on any atom is -0.340 e. The topological polar surface area (TPSA) is 37.4 Å². The third-order valence-corrected chi connectivity index (χ3v) is 5.08. The Morgan fingerprint density at radius 3 is 2.68 bits per heavy atom. The second kappa shape index (κ2) is 7.60. The van der Waals surface area contributed by atoms with Gasteiger partial charge < -0.3 is 4.90 Å². The van der Waals surface area contributed by atoms with Gasteiger partial charge in [-0.2, -0.15) is 0 Å². The molecular formula is C15H15F2NO2S2. The molecule has 1 aromatic heterocycles. The largest absolute Gasteiger partial charge is 0.340 e. The Bertz CT molecular complexity index is 674. The number of benzene rings is 1. The van der Waals surface area contributed by atoms with Gasteiger partial charge in [0.15, 0.2) is 11.6 Å². The molecule has 118 valence electrons. The second-order valence-electron chi connectivity index (χ2n) is 4.81. The standard InChI is InChI=1S/C15H15F2NO2S2/c1-18(8-12-3-2-6-21-12)15(19)10-22(20)9-11-4-5-13(16)14(17)7-11/h2-7H,8-10H2,1H3/t22-/m1/s1. The van der Waals surface area contributed by atoms with Crippen LogP contribution < -0.4 is 0 Å². The Balaban J connectivity index is 1.87. The van der Waals surface area contributed by atoms with Crippen molar-refractivity contribution in [1.29, 1.82) is 0 Å². The SMILES string of the molecule is CN(Cc1cccs1)C(=O)C[S@](=O)Cc1ccc(F)c(F)c1. The van der Waals surface area contributed by atoms with Crippen molar-refractivity contribution in [3.8, 4) is 0 Å². The Kier molecular flexibility index (Phi) is 5.79. The van der Waals surface area contributed by atoms with Crippen molar-refractivity contribution >= 4 is 28.0 Å². The first kappa shape index (κ1) is 16.8. The predicted molar refractivity (Wildman–Crippen MR) is 83.9 cm³/mol. The minimum atomic E-state index is -1.46. The summed E-state index contributed by atoms with van der Waals surface area (Å²) in [6, 6.07) is 7.20. The summed E-state index contributed by atoms with van der Waals surface area (Å²) in [4.78, 5) is 14.5. The molecule has 0 N–H and O–H groups in total. The lowest BCUT2D eigenvalue weighted by molar-refractivity contribution is -0.127. The maximum absolute atomic E-state index is 13.1. The molecule has 1 atom stereocenters. The number of rotatable bonds is 6. The summed E-state index contributed by atoms with van der Waals surface area (Å²) >= 11 is 1.55. The molecule has 0 fully saturated rings. The number of carbonyl (C=O) groups is 1. The molecule has 0 spiro atoms. The maximum atomic E-state index is 13.1. The van der Waals surface area contributed by atoms with Crippen LogP contribution in [0.4, 0.5) is 8.78 Å². The van der Waals surface area contributed by atoms with Gasteiger partial charge in [-0.05, 0) is 29.1 Å². The molecule has 7 heteroatoms. The number of amides is 1. The zero-order chi connectivity index (χ0) is 16.1. The van der Waals surface area contributed by atoms with Crippen molar-refractivity contribution in [3.05, 3.63) is 57.8 Å². The van der Waals surface area contributed by atoms with Crippen LogP contribution in [-0.2, 0) is 27.9 Å². The lowest BCUT2D eigenvalue weighted by Crippen LogP contribution is -2.30. The average Bonchev–Trinajstić information content (AvgIpc) is 2.95. The molecule has 0 aliphatic carbocycles. The highest BCUT2D eigenvalue weighted by Gasteiger charge is 2.14. The Hall–Kier alpha value is -1.60. The van der Waals surface area contributed by atoms with E-state index in [-0.39, 0.29) is 17.4 Å². The molecule has 0 aliphatic heterocycles. The monoisotopic (exact) mass is 343 g/mol. The van der Waals surface area contributed by atoms with E-state index in [0.29, 0.717) is 12.1 Å². The highest BCUT2D eigenvalue weighted by Crippen LogP contribution is 2.13. The van der Waals surface area contributed by atoms with Crippen molar-refractivity contribution in [2.45, 2.75) is 12.3 Å². The van der Waals surface area contributed by atoms with E-state index in [0.717, 1.165) is 17.0 Å². The van der Waals surface area contributed by atoms with Gasteiger partial charge >= 0.3 is 0 Å². The molecule has 1 amide bonds. The lowest BCUT2D eigenvalue weighted by Gasteiger charge is -2.16. The quantitative estimate of drug-likeness (QED) is 0.809. The first-order valence-corrected chi connectivity index (χ1v) is 8.87. The van der Waals surface area contributed by atoms with Crippen LogP contribution in [0, 0.1) is 11.6 Å². The second-order valence-corrected chi connectivity index (χ2v) is 7.30. The first-order valence-electron chi connectivity index (χ1n) is 6.51. The summed E-state index contributed by atoms with van der Waals surface area (Å²) in [7, 11) is 0.188. The van der Waals surface area contributed by atoms with Gasteiger partial charge in [0, 0.05) is 28.5 Å². The zero-order valence-corrected chi connectivity index (χ0v) is 13.6. The fourth-order valence-corrected chi connectivity index (χ4v) is 3.75. The lowest BCUT2D eigenvalue weighted by atomic mass is 10.2. The summed E-state index contributed by atoms with van der Waals surface area (Å²) < 4.78 is 37.9. The van der Waals surface area contributed by atoms with E-state index < -0.39 is 22.4 Å². The maximum Gasteiger partial charge on any atom is 0.235 e. The van der Waals surface area contributed by atoms with E-state index in [9.17, 15) is 17.8 Å². The van der Waals surface area contributed by atoms with Gasteiger partial charge in [-0.1, -0.05) is 12.1 Å². The third-order valence-electron chi connectivity index (χ3n) is 2.99. The Morgan fingerprint density at radius 2 is 2.05 bits per heavy atom. The molecule has 22 heavy (non-hydrogen) atoms. The van der Waals surface area contributed by atoms with Crippen molar-refractivity contribution in [2.75, 3.05) is 12.8 Å². The van der Waals surface area contributed by atoms with E-state index in [2.05, 4.69) is 0 Å². The molecule has 0 unspecified atom stereocenters. The molecule has 3 nitrogen and oxygen atoms in total. The Morgan fingerprint density at radius 1 is 1.27 bits per heavy atom. The number of hydrogen-bond donors (Lipinski definition) is 0. The van der Waals surface area contributed by atoms with Gasteiger partial charge in [-0.25, -0.2) is 8.78 Å². The Labute approximate surface area is 134 Å². The molecular weight excluding hydrogens is 328 g/mol. The van der Waals surface area contributed by atoms with Gasteiger partial charge in [0.1, 0.15) is 5.75 Å². The molecule has 2 rings (SSSR count). The van der Waals surface area contributed by atoms with Crippen molar-refractivity contribution < 1.29 is 17.8 Å². The summed E-state index contributed by atoms with van der Waals surface area (Å²) in [6.07, 6.45) is 0. The highest BCUT2D eigenvalue weighted by atomic mass is 32.2. The smallest absolute Gasteiger partial charge is 0.235 e. The van der Waals surface area contributed by atoms with Crippen LogP contribution in [0.25, 0.3) is 0 Å². The summed E-state index contributed by atoms with van der Waals surface area (Å²) in [6.45, 7) is 0.471. The van der Waals surface area contributed by atoms with Crippen LogP contribution >= 0.6 is 11.3 Å². The molecule has 0 saturated heterocycles. The van der Waals surface area contributed by atoms with E-state index in [4.69, 9.17) is 0 Å². The van der Waals surface area contributed by atoms with E-state index >= 15 is 0 Å². The van der Waals surface area contributed by atoms with E-state index in [1.165, 1.54) is 11.0 Å². The van der Waals surface area contributed by atoms with Gasteiger partial charge in [0.05, 0.1) is 6.54 Å². The number of halogens is 2. The zero-order valence-electron chi connectivity index (χ0n) is 11.9. The predicted octanol–water partition coefficient (Wildman–Crippen LogP) is 2.93. The van der Waals surface area contributed by atoms with Gasteiger partial charge in [0.25, 0.3) is 0 Å². The van der Waals surface area contributed by atoms with Crippen LogP contribution in [0.3, 0.4) is 0 Å². The van der Waals surface area contributed by atoms with Crippen LogP contribution in [0.2, 0.25) is 0 Å². The molecule has 0 saturated carbocycles.